The topological polar surface area (TPSA) is 12.0 Å². The molecule has 1 aliphatic carbocycles. The van der Waals surface area contributed by atoms with E-state index in [2.05, 4.69) is 43.1 Å². The number of benzene rings is 1. The Balaban J connectivity index is 2.11. The molecule has 86 valence electrons. The molecule has 0 aliphatic heterocycles. The van der Waals surface area contributed by atoms with Gasteiger partial charge >= 0.3 is 0 Å². The Labute approximate surface area is 98.6 Å². The van der Waals surface area contributed by atoms with Crippen molar-refractivity contribution in [1.82, 2.24) is 0 Å². The molecule has 1 nitrogen and oxygen atoms in total. The summed E-state index contributed by atoms with van der Waals surface area (Å²) in [6, 6.07) is 8.69. The maximum atomic E-state index is 3.88. The molecule has 1 aromatic carbocycles. The van der Waals surface area contributed by atoms with Gasteiger partial charge in [0.25, 0.3) is 0 Å². The third-order valence-electron chi connectivity index (χ3n) is 3.56. The van der Waals surface area contributed by atoms with Crippen molar-refractivity contribution in [3.63, 3.8) is 0 Å². The molecule has 0 aromatic heterocycles. The molecular weight excluding hydrogens is 194 g/mol. The van der Waals surface area contributed by atoms with Crippen LogP contribution in [0.3, 0.4) is 0 Å². The summed E-state index contributed by atoms with van der Waals surface area (Å²) >= 11 is 0. The van der Waals surface area contributed by atoms with Crippen LogP contribution in [0.1, 0.15) is 37.7 Å². The second kappa shape index (κ2) is 4.73. The molecule has 1 fully saturated rings. The second-order valence-corrected chi connectivity index (χ2v) is 4.97. The van der Waals surface area contributed by atoms with Gasteiger partial charge in [0.05, 0.1) is 0 Å². The molecule has 1 heteroatoms. The maximum absolute atomic E-state index is 3.88. The predicted octanol–water partition coefficient (Wildman–Crippen LogP) is 4.30. The molecule has 0 bridgehead atoms. The van der Waals surface area contributed by atoms with Crippen LogP contribution in [0, 0.1) is 6.92 Å². The molecular formula is C15H21N. The van der Waals surface area contributed by atoms with Crippen LogP contribution in [0.4, 0.5) is 5.69 Å². The Morgan fingerprint density at radius 1 is 1.25 bits per heavy atom. The first-order valence-corrected chi connectivity index (χ1v) is 6.20. The zero-order valence-corrected chi connectivity index (χ0v) is 10.1. The fourth-order valence-electron chi connectivity index (χ4n) is 2.65. The number of hydrogen-bond acceptors (Lipinski definition) is 1. The summed E-state index contributed by atoms with van der Waals surface area (Å²) in [6.07, 6.45) is 8.34. The summed E-state index contributed by atoms with van der Waals surface area (Å²) in [6.45, 7) is 6.01. The van der Waals surface area contributed by atoms with Crippen molar-refractivity contribution in [2.24, 2.45) is 0 Å². The Bertz CT molecular complexity index is 344. The highest BCUT2D eigenvalue weighted by atomic mass is 15.0. The fourth-order valence-corrected chi connectivity index (χ4v) is 2.65. The average molecular weight is 215 g/mol. The largest absolute Gasteiger partial charge is 0.379 e. The molecule has 2 rings (SSSR count). The molecule has 0 atom stereocenters. The first-order chi connectivity index (χ1) is 7.74. The van der Waals surface area contributed by atoms with E-state index in [9.17, 15) is 0 Å². The van der Waals surface area contributed by atoms with Gasteiger partial charge in [-0.3, -0.25) is 0 Å². The SMILES string of the molecule is C=CCC1(Nc2ccc(C)cc2)CCCC1. The quantitative estimate of drug-likeness (QED) is 0.738. The van der Waals surface area contributed by atoms with Gasteiger partial charge in [0, 0.05) is 11.2 Å². The van der Waals surface area contributed by atoms with Crippen LogP contribution in [-0.2, 0) is 0 Å². The smallest absolute Gasteiger partial charge is 0.0408 e. The molecule has 0 radical (unpaired) electrons. The van der Waals surface area contributed by atoms with Gasteiger partial charge in [-0.15, -0.1) is 6.58 Å². The van der Waals surface area contributed by atoms with Gasteiger partial charge in [-0.2, -0.15) is 0 Å². The van der Waals surface area contributed by atoms with Crippen molar-refractivity contribution in [3.8, 4) is 0 Å². The van der Waals surface area contributed by atoms with E-state index in [0.717, 1.165) is 6.42 Å². The van der Waals surface area contributed by atoms with Gasteiger partial charge in [-0.1, -0.05) is 36.6 Å². The second-order valence-electron chi connectivity index (χ2n) is 4.97. The van der Waals surface area contributed by atoms with Crippen LogP contribution in [-0.4, -0.2) is 5.54 Å². The number of rotatable bonds is 4. The van der Waals surface area contributed by atoms with Crippen molar-refractivity contribution in [2.45, 2.75) is 44.6 Å². The lowest BCUT2D eigenvalue weighted by Gasteiger charge is -2.30. The minimum atomic E-state index is 0.275. The van der Waals surface area contributed by atoms with E-state index >= 15 is 0 Å². The Hall–Kier alpha value is -1.24. The van der Waals surface area contributed by atoms with Crippen molar-refractivity contribution in [2.75, 3.05) is 5.32 Å². The molecule has 16 heavy (non-hydrogen) atoms. The van der Waals surface area contributed by atoms with E-state index in [1.165, 1.54) is 36.9 Å². The van der Waals surface area contributed by atoms with Crippen molar-refractivity contribution < 1.29 is 0 Å². The van der Waals surface area contributed by atoms with Gasteiger partial charge < -0.3 is 5.32 Å². The summed E-state index contributed by atoms with van der Waals surface area (Å²) in [5.74, 6) is 0. The van der Waals surface area contributed by atoms with Gasteiger partial charge in [0.1, 0.15) is 0 Å². The maximum Gasteiger partial charge on any atom is 0.0408 e. The number of nitrogens with one attached hydrogen (secondary N) is 1. The molecule has 0 amide bonds. The first-order valence-electron chi connectivity index (χ1n) is 6.20. The van der Waals surface area contributed by atoms with E-state index in [-0.39, 0.29) is 5.54 Å². The Kier molecular flexibility index (Phi) is 3.33. The summed E-state index contributed by atoms with van der Waals surface area (Å²) in [5, 5.41) is 3.71. The number of hydrogen-bond donors (Lipinski definition) is 1. The molecule has 0 spiro atoms. The van der Waals surface area contributed by atoms with Crippen LogP contribution in [0.15, 0.2) is 36.9 Å². The molecule has 1 aliphatic rings. The minimum Gasteiger partial charge on any atom is -0.379 e. The van der Waals surface area contributed by atoms with Crippen LogP contribution in [0.25, 0.3) is 0 Å². The summed E-state index contributed by atoms with van der Waals surface area (Å²) < 4.78 is 0. The highest BCUT2D eigenvalue weighted by Gasteiger charge is 2.32. The highest BCUT2D eigenvalue weighted by molar-refractivity contribution is 5.47. The lowest BCUT2D eigenvalue weighted by Crippen LogP contribution is -2.34. The number of anilines is 1. The highest BCUT2D eigenvalue weighted by Crippen LogP contribution is 2.36. The standard InChI is InChI=1S/C15H21N/c1-3-10-15(11-4-5-12-15)16-14-8-6-13(2)7-9-14/h3,6-9,16H,1,4-5,10-12H2,2H3. The molecule has 1 aromatic rings. The fraction of sp³-hybridized carbons (Fsp3) is 0.467. The summed E-state index contributed by atoms with van der Waals surface area (Å²) in [4.78, 5) is 0. The zero-order valence-electron chi connectivity index (χ0n) is 10.1. The van der Waals surface area contributed by atoms with Crippen molar-refractivity contribution in [1.29, 1.82) is 0 Å². The van der Waals surface area contributed by atoms with Gasteiger partial charge in [0.15, 0.2) is 0 Å². The third-order valence-corrected chi connectivity index (χ3v) is 3.56. The van der Waals surface area contributed by atoms with Crippen molar-refractivity contribution in [3.05, 3.63) is 42.5 Å². The van der Waals surface area contributed by atoms with Gasteiger partial charge in [-0.25, -0.2) is 0 Å². The minimum absolute atomic E-state index is 0.275. The predicted molar refractivity (Wildman–Crippen MR) is 70.8 cm³/mol. The van der Waals surface area contributed by atoms with Crippen LogP contribution >= 0.6 is 0 Å². The van der Waals surface area contributed by atoms with Gasteiger partial charge in [-0.05, 0) is 38.3 Å². The van der Waals surface area contributed by atoms with E-state index in [1.54, 1.807) is 0 Å². The van der Waals surface area contributed by atoms with Gasteiger partial charge in [0.2, 0.25) is 0 Å². The summed E-state index contributed by atoms with van der Waals surface area (Å²) in [5.41, 5.74) is 2.83. The normalized spacial score (nSPS) is 18.3. The van der Waals surface area contributed by atoms with E-state index in [0.29, 0.717) is 0 Å². The van der Waals surface area contributed by atoms with Crippen molar-refractivity contribution >= 4 is 5.69 Å². The lowest BCUT2D eigenvalue weighted by molar-refractivity contribution is 0.488. The molecule has 1 N–H and O–H groups in total. The summed E-state index contributed by atoms with van der Waals surface area (Å²) in [7, 11) is 0. The van der Waals surface area contributed by atoms with E-state index < -0.39 is 0 Å². The van der Waals surface area contributed by atoms with E-state index in [1.807, 2.05) is 6.08 Å². The molecule has 1 saturated carbocycles. The zero-order chi connectivity index (χ0) is 11.4. The van der Waals surface area contributed by atoms with Crippen LogP contribution in [0.2, 0.25) is 0 Å². The van der Waals surface area contributed by atoms with Crippen LogP contribution in [0.5, 0.6) is 0 Å². The first kappa shape index (κ1) is 11.3. The number of aryl methyl sites for hydroxylation is 1. The molecule has 0 saturated heterocycles. The third kappa shape index (κ3) is 2.46. The molecule has 0 heterocycles. The molecule has 0 unspecified atom stereocenters. The van der Waals surface area contributed by atoms with Crippen LogP contribution < -0.4 is 5.32 Å². The lowest BCUT2D eigenvalue weighted by atomic mass is 9.93. The Morgan fingerprint density at radius 2 is 1.88 bits per heavy atom. The average Bonchev–Trinajstić information content (AvgIpc) is 2.71. The van der Waals surface area contributed by atoms with E-state index in [4.69, 9.17) is 0 Å². The Morgan fingerprint density at radius 3 is 2.44 bits per heavy atom. The monoisotopic (exact) mass is 215 g/mol.